The minimum absolute atomic E-state index is 0.139. The molecule has 0 aliphatic heterocycles. The summed E-state index contributed by atoms with van der Waals surface area (Å²) in [4.78, 5) is 10.1. The van der Waals surface area contributed by atoms with Crippen LogP contribution in [0.1, 0.15) is 21.5 Å². The molecule has 2 N–H and O–H groups in total. The van der Waals surface area contributed by atoms with E-state index in [2.05, 4.69) is 10.6 Å². The predicted molar refractivity (Wildman–Crippen MR) is 83.3 cm³/mol. The fraction of sp³-hybridized carbons (Fsp3) is 0.0625. The third-order valence-electron chi connectivity index (χ3n) is 3.04. The second-order valence-corrected chi connectivity index (χ2v) is 6.40. The smallest absolute Gasteiger partial charge is 0.335 e. The van der Waals surface area contributed by atoms with E-state index in [1.54, 1.807) is 19.1 Å². The Kier molecular flexibility index (Phi) is 4.38. The summed E-state index contributed by atoms with van der Waals surface area (Å²) in [5, 5.41) is 8.78. The number of terminal acetylenes is 1. The van der Waals surface area contributed by atoms with Crippen LogP contribution in [0.25, 0.3) is 0 Å². The van der Waals surface area contributed by atoms with Crippen LogP contribution in [0.15, 0.2) is 41.3 Å². The van der Waals surface area contributed by atoms with Crippen molar-refractivity contribution in [3.05, 3.63) is 58.9 Å². The fourth-order valence-corrected chi connectivity index (χ4v) is 3.06. The molecule has 0 radical (unpaired) electrons. The Morgan fingerprint density at radius 3 is 2.52 bits per heavy atom. The van der Waals surface area contributed by atoms with E-state index in [4.69, 9.17) is 11.5 Å². The highest BCUT2D eigenvalue weighted by molar-refractivity contribution is 7.92. The maximum atomic E-state index is 13.9. The van der Waals surface area contributed by atoms with E-state index in [1.165, 1.54) is 6.07 Å². The summed E-state index contributed by atoms with van der Waals surface area (Å²) in [6.07, 6.45) is 5.34. The van der Waals surface area contributed by atoms with Crippen LogP contribution >= 0.6 is 0 Å². The number of sulfonamides is 1. The minimum atomic E-state index is -4.25. The van der Waals surface area contributed by atoms with Crippen LogP contribution in [0.3, 0.4) is 0 Å². The number of anilines is 1. The molecule has 118 valence electrons. The number of carbonyl (C=O) groups is 1. The van der Waals surface area contributed by atoms with Crippen molar-refractivity contribution in [1.82, 2.24) is 0 Å². The van der Waals surface area contributed by atoms with E-state index in [0.29, 0.717) is 11.6 Å². The second-order valence-electron chi connectivity index (χ2n) is 4.75. The van der Waals surface area contributed by atoms with Crippen LogP contribution in [0.4, 0.5) is 10.1 Å². The van der Waals surface area contributed by atoms with Crippen molar-refractivity contribution in [2.75, 3.05) is 4.72 Å². The zero-order chi connectivity index (χ0) is 17.2. The van der Waals surface area contributed by atoms with Crippen molar-refractivity contribution < 1.29 is 22.7 Å². The van der Waals surface area contributed by atoms with Crippen molar-refractivity contribution >= 4 is 21.7 Å². The summed E-state index contributed by atoms with van der Waals surface area (Å²) < 4.78 is 40.7. The lowest BCUT2D eigenvalue weighted by Crippen LogP contribution is -2.16. The second kappa shape index (κ2) is 6.10. The van der Waals surface area contributed by atoms with Crippen molar-refractivity contribution in [1.29, 1.82) is 0 Å². The highest BCUT2D eigenvalue weighted by Crippen LogP contribution is 2.23. The van der Waals surface area contributed by atoms with Gasteiger partial charge >= 0.3 is 5.97 Å². The summed E-state index contributed by atoms with van der Waals surface area (Å²) in [6, 6.07) is 7.30. The lowest BCUT2D eigenvalue weighted by atomic mass is 10.1. The molecule has 0 saturated heterocycles. The molecular weight excluding hydrogens is 321 g/mol. The number of carboxylic acids is 1. The van der Waals surface area contributed by atoms with Gasteiger partial charge in [-0.2, -0.15) is 0 Å². The van der Waals surface area contributed by atoms with Gasteiger partial charge in [0, 0.05) is 5.56 Å². The summed E-state index contributed by atoms with van der Waals surface area (Å²) in [5.41, 5.74) is 0.954. The summed E-state index contributed by atoms with van der Waals surface area (Å²) in [6.45, 7) is 1.80. The normalized spacial score (nSPS) is 10.8. The van der Waals surface area contributed by atoms with Gasteiger partial charge in [-0.1, -0.05) is 12.0 Å². The van der Waals surface area contributed by atoms with Crippen LogP contribution in [0.5, 0.6) is 0 Å². The summed E-state index contributed by atoms with van der Waals surface area (Å²) >= 11 is 0. The highest BCUT2D eigenvalue weighted by Gasteiger charge is 2.21. The Labute approximate surface area is 132 Å². The van der Waals surface area contributed by atoms with Gasteiger partial charge in [0.2, 0.25) is 0 Å². The molecular formula is C16H12FNO4S. The van der Waals surface area contributed by atoms with E-state index < -0.39 is 26.7 Å². The molecule has 0 spiro atoms. The molecule has 0 aliphatic carbocycles. The third-order valence-corrected chi connectivity index (χ3v) is 4.44. The van der Waals surface area contributed by atoms with Gasteiger partial charge in [-0.3, -0.25) is 4.72 Å². The Balaban J connectivity index is 2.44. The Bertz CT molecular complexity index is 930. The predicted octanol–water partition coefficient (Wildman–Crippen LogP) is 2.61. The van der Waals surface area contributed by atoms with Crippen molar-refractivity contribution in [2.24, 2.45) is 0 Å². The minimum Gasteiger partial charge on any atom is -0.478 e. The molecule has 0 amide bonds. The zero-order valence-electron chi connectivity index (χ0n) is 12.0. The first-order valence-corrected chi connectivity index (χ1v) is 7.86. The molecule has 2 aromatic carbocycles. The van der Waals surface area contributed by atoms with E-state index >= 15 is 0 Å². The van der Waals surface area contributed by atoms with Gasteiger partial charge in [0.1, 0.15) is 10.7 Å². The SMILES string of the molecule is C#Cc1cc(C)ccc1NS(=O)(=O)c1ccc(C(=O)O)cc1F. The maximum Gasteiger partial charge on any atom is 0.335 e. The van der Waals surface area contributed by atoms with Gasteiger partial charge in [0.15, 0.2) is 0 Å². The van der Waals surface area contributed by atoms with Crippen LogP contribution in [0, 0.1) is 25.1 Å². The highest BCUT2D eigenvalue weighted by atomic mass is 32.2. The van der Waals surface area contributed by atoms with E-state index in [1.807, 2.05) is 0 Å². The van der Waals surface area contributed by atoms with Crippen LogP contribution in [-0.2, 0) is 10.0 Å². The van der Waals surface area contributed by atoms with Gasteiger partial charge < -0.3 is 5.11 Å². The molecule has 0 atom stereocenters. The Morgan fingerprint density at radius 1 is 1.26 bits per heavy atom. The molecule has 0 saturated carbocycles. The Morgan fingerprint density at radius 2 is 1.96 bits per heavy atom. The van der Waals surface area contributed by atoms with Crippen LogP contribution in [0.2, 0.25) is 0 Å². The molecule has 0 bridgehead atoms. The number of rotatable bonds is 4. The number of halogens is 1. The zero-order valence-corrected chi connectivity index (χ0v) is 12.8. The number of aryl methyl sites for hydroxylation is 1. The monoisotopic (exact) mass is 333 g/mol. The summed E-state index contributed by atoms with van der Waals surface area (Å²) in [5.74, 6) is -0.163. The van der Waals surface area contributed by atoms with Gasteiger partial charge in [0.05, 0.1) is 11.3 Å². The summed E-state index contributed by atoms with van der Waals surface area (Å²) in [7, 11) is -4.25. The molecule has 23 heavy (non-hydrogen) atoms. The molecule has 7 heteroatoms. The first-order valence-electron chi connectivity index (χ1n) is 6.37. The van der Waals surface area contributed by atoms with Gasteiger partial charge in [-0.15, -0.1) is 6.42 Å². The van der Waals surface area contributed by atoms with Gasteiger partial charge in [-0.25, -0.2) is 17.6 Å². The van der Waals surface area contributed by atoms with Crippen molar-refractivity contribution in [3.63, 3.8) is 0 Å². The number of aromatic carboxylic acids is 1. The van der Waals surface area contributed by atoms with Crippen molar-refractivity contribution in [3.8, 4) is 12.3 Å². The lowest BCUT2D eigenvalue weighted by Gasteiger charge is -2.11. The average molecular weight is 333 g/mol. The van der Waals surface area contributed by atoms with E-state index in [-0.39, 0.29) is 11.3 Å². The van der Waals surface area contributed by atoms with Gasteiger partial charge in [0.25, 0.3) is 10.0 Å². The topological polar surface area (TPSA) is 83.5 Å². The lowest BCUT2D eigenvalue weighted by molar-refractivity contribution is 0.0696. The molecule has 2 aromatic rings. The fourth-order valence-electron chi connectivity index (χ4n) is 1.92. The van der Waals surface area contributed by atoms with Crippen molar-refractivity contribution in [2.45, 2.75) is 11.8 Å². The first-order chi connectivity index (χ1) is 10.7. The largest absolute Gasteiger partial charge is 0.478 e. The quantitative estimate of drug-likeness (QED) is 0.843. The number of carboxylic acid groups (broad SMARTS) is 1. The van der Waals surface area contributed by atoms with E-state index in [9.17, 15) is 17.6 Å². The maximum absolute atomic E-state index is 13.9. The third kappa shape index (κ3) is 3.49. The molecule has 0 unspecified atom stereocenters. The number of hydrogen-bond acceptors (Lipinski definition) is 3. The van der Waals surface area contributed by atoms with Gasteiger partial charge in [-0.05, 0) is 42.8 Å². The molecule has 0 fully saturated rings. The Hall–Kier alpha value is -2.85. The number of hydrogen-bond donors (Lipinski definition) is 2. The molecule has 0 heterocycles. The average Bonchev–Trinajstić information content (AvgIpc) is 2.48. The van der Waals surface area contributed by atoms with E-state index in [0.717, 1.165) is 17.7 Å². The van der Waals surface area contributed by atoms with Crippen LogP contribution < -0.4 is 4.72 Å². The number of nitrogens with one attached hydrogen (secondary N) is 1. The molecule has 0 aliphatic rings. The first kappa shape index (κ1) is 16.5. The molecule has 2 rings (SSSR count). The molecule has 5 nitrogen and oxygen atoms in total. The number of benzene rings is 2. The standard InChI is InChI=1S/C16H12FNO4S/c1-3-11-8-10(2)4-6-14(11)18-23(21,22)15-7-5-12(16(19)20)9-13(15)17/h1,4-9,18H,2H3,(H,19,20). The molecule has 0 aromatic heterocycles. The van der Waals surface area contributed by atoms with Crippen LogP contribution in [-0.4, -0.2) is 19.5 Å².